The summed E-state index contributed by atoms with van der Waals surface area (Å²) in [6, 6.07) is 9.46. The largest absolute Gasteiger partial charge is 0.493 e. The number of ether oxygens (including phenoxy) is 4. The van der Waals surface area contributed by atoms with E-state index < -0.39 is 11.7 Å². The van der Waals surface area contributed by atoms with Crippen molar-refractivity contribution in [1.29, 1.82) is 5.26 Å². The maximum Gasteiger partial charge on any atom is 0.268 e. The zero-order valence-electron chi connectivity index (χ0n) is 19.5. The Morgan fingerprint density at radius 1 is 1.09 bits per heavy atom. The summed E-state index contributed by atoms with van der Waals surface area (Å²) in [4.78, 5) is 12.5. The lowest BCUT2D eigenvalue weighted by Gasteiger charge is -2.14. The van der Waals surface area contributed by atoms with Crippen molar-refractivity contribution in [3.8, 4) is 29.1 Å². The Kier molecular flexibility index (Phi) is 8.58. The van der Waals surface area contributed by atoms with E-state index in [4.69, 9.17) is 18.9 Å². The van der Waals surface area contributed by atoms with Crippen LogP contribution in [-0.2, 0) is 17.8 Å². The fourth-order valence-corrected chi connectivity index (χ4v) is 3.66. The number of carbonyl (C=O) groups excluding carboxylic acids is 1. The lowest BCUT2D eigenvalue weighted by atomic mass is 10.1. The molecule has 11 heteroatoms. The van der Waals surface area contributed by atoms with Gasteiger partial charge in [-0.25, -0.2) is 4.39 Å². The van der Waals surface area contributed by atoms with E-state index in [0.717, 1.165) is 5.01 Å². The Morgan fingerprint density at radius 3 is 2.40 bits per heavy atom. The number of rotatable bonds is 10. The molecule has 0 saturated heterocycles. The average molecular weight is 499 g/mol. The number of benzene rings is 2. The number of carbonyl (C=O) groups is 1. The highest BCUT2D eigenvalue weighted by molar-refractivity contribution is 7.15. The number of anilines is 1. The van der Waals surface area contributed by atoms with Gasteiger partial charge in [-0.3, -0.25) is 10.1 Å². The molecule has 0 saturated carbocycles. The van der Waals surface area contributed by atoms with Crippen molar-refractivity contribution in [2.45, 2.75) is 20.0 Å². The minimum absolute atomic E-state index is 0.0921. The number of nitrogens with one attached hydrogen (secondary N) is 1. The number of methoxy groups -OCH3 is 3. The summed E-state index contributed by atoms with van der Waals surface area (Å²) in [7, 11) is 4.33. The second-order valence-corrected chi connectivity index (χ2v) is 8.04. The molecule has 35 heavy (non-hydrogen) atoms. The first-order valence-electron chi connectivity index (χ1n) is 10.4. The number of nitrogens with zero attached hydrogens (tertiary/aromatic N) is 3. The second kappa shape index (κ2) is 11.8. The predicted molar refractivity (Wildman–Crippen MR) is 128 cm³/mol. The quantitative estimate of drug-likeness (QED) is 0.323. The molecule has 1 amide bonds. The van der Waals surface area contributed by atoms with Crippen molar-refractivity contribution in [3.05, 3.63) is 57.9 Å². The molecule has 0 aliphatic heterocycles. The molecule has 0 atom stereocenters. The lowest BCUT2D eigenvalue weighted by molar-refractivity contribution is -0.112. The van der Waals surface area contributed by atoms with Gasteiger partial charge in [0.05, 0.1) is 21.3 Å². The molecule has 0 spiro atoms. The smallest absolute Gasteiger partial charge is 0.268 e. The van der Waals surface area contributed by atoms with Gasteiger partial charge >= 0.3 is 0 Å². The third kappa shape index (κ3) is 6.24. The van der Waals surface area contributed by atoms with Crippen LogP contribution in [0.5, 0.6) is 23.0 Å². The van der Waals surface area contributed by atoms with Gasteiger partial charge in [0.2, 0.25) is 5.13 Å². The Labute approximate surface area is 205 Å². The summed E-state index contributed by atoms with van der Waals surface area (Å²) >= 11 is 1.24. The van der Waals surface area contributed by atoms with Crippen LogP contribution in [-0.4, -0.2) is 37.4 Å². The lowest BCUT2D eigenvalue weighted by Crippen LogP contribution is -2.13. The normalized spacial score (nSPS) is 10.9. The summed E-state index contributed by atoms with van der Waals surface area (Å²) in [5.41, 5.74) is 0.672. The van der Waals surface area contributed by atoms with Crippen molar-refractivity contribution < 1.29 is 28.1 Å². The Balaban J connectivity index is 1.76. The summed E-state index contributed by atoms with van der Waals surface area (Å²) in [6.07, 6.45) is 2.11. The molecule has 0 unspecified atom stereocenters. The van der Waals surface area contributed by atoms with E-state index in [1.54, 1.807) is 18.2 Å². The minimum Gasteiger partial charge on any atom is -0.493 e. The molecule has 0 fully saturated rings. The highest BCUT2D eigenvalue weighted by Crippen LogP contribution is 2.33. The number of halogens is 1. The molecule has 0 aliphatic rings. The molecule has 2 aromatic carbocycles. The molecule has 1 N–H and O–H groups in total. The van der Waals surface area contributed by atoms with Crippen molar-refractivity contribution in [3.63, 3.8) is 0 Å². The maximum absolute atomic E-state index is 14.4. The van der Waals surface area contributed by atoms with Crippen LogP contribution in [0.25, 0.3) is 6.08 Å². The standard InChI is InChI=1S/C24H23FN4O5S/c1-5-22-28-29-24(35-22)27-23(30)15(12-26)8-14-6-7-18(19(9-14)31-2)34-13-16-10-20(32-3)21(33-4)11-17(16)25/h6-11H,5,13H2,1-4H3,(H,27,29,30). The van der Waals surface area contributed by atoms with E-state index in [1.807, 2.05) is 13.0 Å². The third-order valence-electron chi connectivity index (χ3n) is 4.79. The highest BCUT2D eigenvalue weighted by atomic mass is 32.1. The van der Waals surface area contributed by atoms with Gasteiger partial charge in [0, 0.05) is 11.6 Å². The summed E-state index contributed by atoms with van der Waals surface area (Å²) in [5, 5.41) is 20.9. The third-order valence-corrected chi connectivity index (χ3v) is 5.77. The molecule has 3 aromatic rings. The molecule has 0 radical (unpaired) electrons. The fraction of sp³-hybridized carbons (Fsp3) is 0.250. The van der Waals surface area contributed by atoms with Crippen molar-refractivity contribution in [2.24, 2.45) is 0 Å². The predicted octanol–water partition coefficient (Wildman–Crippen LogP) is 4.39. The number of amides is 1. The van der Waals surface area contributed by atoms with Crippen LogP contribution in [0.1, 0.15) is 23.1 Å². The fourth-order valence-electron chi connectivity index (χ4n) is 2.98. The van der Waals surface area contributed by atoms with Gasteiger partial charge in [0.25, 0.3) is 5.91 Å². The van der Waals surface area contributed by atoms with Crippen LogP contribution in [0.3, 0.4) is 0 Å². The van der Waals surface area contributed by atoms with Gasteiger partial charge in [-0.15, -0.1) is 10.2 Å². The molecule has 0 bridgehead atoms. The Morgan fingerprint density at radius 2 is 1.77 bits per heavy atom. The van der Waals surface area contributed by atoms with Crippen molar-refractivity contribution in [1.82, 2.24) is 10.2 Å². The maximum atomic E-state index is 14.4. The number of hydrogen-bond donors (Lipinski definition) is 1. The Bertz CT molecular complexity index is 1290. The number of hydrogen-bond acceptors (Lipinski definition) is 9. The monoisotopic (exact) mass is 498 g/mol. The van der Waals surface area contributed by atoms with Crippen LogP contribution < -0.4 is 24.3 Å². The van der Waals surface area contributed by atoms with Crippen LogP contribution in [0.2, 0.25) is 0 Å². The first-order chi connectivity index (χ1) is 16.9. The number of aromatic nitrogens is 2. The van der Waals surface area contributed by atoms with Crippen LogP contribution in [0.4, 0.5) is 9.52 Å². The first kappa shape index (κ1) is 25.5. The Hall–Kier alpha value is -4.17. The van der Waals surface area contributed by atoms with Gasteiger partial charge in [0.15, 0.2) is 23.0 Å². The van der Waals surface area contributed by atoms with Crippen LogP contribution in [0, 0.1) is 17.1 Å². The van der Waals surface area contributed by atoms with E-state index in [-0.39, 0.29) is 23.5 Å². The second-order valence-electron chi connectivity index (χ2n) is 6.98. The van der Waals surface area contributed by atoms with Crippen LogP contribution in [0.15, 0.2) is 35.9 Å². The SMILES string of the molecule is CCc1nnc(NC(=O)C(C#N)=Cc2ccc(OCc3cc(OC)c(OC)cc3F)c(OC)c2)s1. The molecule has 1 aromatic heterocycles. The van der Waals surface area contributed by atoms with E-state index in [1.165, 1.54) is 50.9 Å². The number of nitriles is 1. The van der Waals surface area contributed by atoms with Gasteiger partial charge in [-0.1, -0.05) is 24.3 Å². The zero-order chi connectivity index (χ0) is 25.4. The van der Waals surface area contributed by atoms with Crippen molar-refractivity contribution in [2.75, 3.05) is 26.6 Å². The molecule has 1 heterocycles. The van der Waals surface area contributed by atoms with Gasteiger partial charge in [-0.05, 0) is 36.3 Å². The van der Waals surface area contributed by atoms with Gasteiger partial charge in [-0.2, -0.15) is 5.26 Å². The molecular formula is C24H23FN4O5S. The minimum atomic E-state index is -0.602. The molecule has 9 nitrogen and oxygen atoms in total. The topological polar surface area (TPSA) is 116 Å². The van der Waals surface area contributed by atoms with Gasteiger partial charge in [0.1, 0.15) is 29.1 Å². The summed E-state index contributed by atoms with van der Waals surface area (Å²) in [6.45, 7) is 1.84. The van der Waals surface area contributed by atoms with Crippen molar-refractivity contribution >= 4 is 28.5 Å². The van der Waals surface area contributed by atoms with Gasteiger partial charge < -0.3 is 18.9 Å². The van der Waals surface area contributed by atoms with E-state index in [9.17, 15) is 14.4 Å². The molecule has 182 valence electrons. The van der Waals surface area contributed by atoms with E-state index in [0.29, 0.717) is 34.4 Å². The van der Waals surface area contributed by atoms with Crippen LogP contribution >= 0.6 is 11.3 Å². The van der Waals surface area contributed by atoms with E-state index in [2.05, 4.69) is 15.5 Å². The summed E-state index contributed by atoms with van der Waals surface area (Å²) < 4.78 is 35.8. The zero-order valence-corrected chi connectivity index (χ0v) is 20.4. The highest BCUT2D eigenvalue weighted by Gasteiger charge is 2.15. The average Bonchev–Trinajstić information content (AvgIpc) is 3.33. The summed E-state index contributed by atoms with van der Waals surface area (Å²) in [5.74, 6) is 0.233. The molecule has 3 rings (SSSR count). The first-order valence-corrected chi connectivity index (χ1v) is 11.2. The molecule has 0 aliphatic carbocycles. The molecular weight excluding hydrogens is 475 g/mol. The number of aryl methyl sites for hydroxylation is 1. The van der Waals surface area contributed by atoms with E-state index >= 15 is 0 Å².